The number of rotatable bonds is 5. The number of sulfonamides is 1. The van der Waals surface area contributed by atoms with Crippen LogP contribution in [0.3, 0.4) is 0 Å². The number of amides is 2. The zero-order chi connectivity index (χ0) is 22.0. The predicted octanol–water partition coefficient (Wildman–Crippen LogP) is 2.85. The monoisotopic (exact) mass is 433 g/mol. The number of aryl methyl sites for hydroxylation is 1. The summed E-state index contributed by atoms with van der Waals surface area (Å²) in [4.78, 5) is 20.1. The van der Waals surface area contributed by atoms with E-state index in [1.165, 1.54) is 32.0 Å². The third-order valence-corrected chi connectivity index (χ3v) is 5.39. The van der Waals surface area contributed by atoms with Crippen LogP contribution in [0.4, 0.5) is 29.6 Å². The van der Waals surface area contributed by atoms with Crippen molar-refractivity contribution in [1.29, 1.82) is 0 Å². The first-order valence-corrected chi connectivity index (χ1v) is 9.54. The number of nitrogens with zero attached hydrogens (tertiary/aromatic N) is 2. The maximum absolute atomic E-state index is 12.2. The van der Waals surface area contributed by atoms with Gasteiger partial charge in [-0.1, -0.05) is 0 Å². The number of benzene rings is 1. The molecule has 0 atom stereocenters. The van der Waals surface area contributed by atoms with Crippen molar-refractivity contribution in [3.8, 4) is 5.75 Å². The Morgan fingerprint density at radius 2 is 1.69 bits per heavy atom. The molecule has 0 saturated heterocycles. The smallest absolute Gasteiger partial charge is 0.406 e. The minimum Gasteiger partial charge on any atom is -0.406 e. The minimum atomic E-state index is -4.82. The van der Waals surface area contributed by atoms with E-state index < -0.39 is 32.9 Å². The van der Waals surface area contributed by atoms with Crippen molar-refractivity contribution in [1.82, 2.24) is 9.97 Å². The van der Waals surface area contributed by atoms with Gasteiger partial charge in [0, 0.05) is 11.4 Å². The number of carbonyl (C=O) groups excluding carboxylic acids is 1. The molecule has 0 unspecified atom stereocenters. The number of primary sulfonamides is 1. The number of hydrogen-bond donors (Lipinski definition) is 3. The average molecular weight is 433 g/mol. The minimum absolute atomic E-state index is 0.0800. The number of hydrogen-bond acceptors (Lipinski definition) is 6. The fourth-order valence-corrected chi connectivity index (χ4v) is 2.48. The topological polar surface area (TPSA) is 136 Å². The highest BCUT2D eigenvalue weighted by Gasteiger charge is 2.35. The maximum Gasteiger partial charge on any atom is 0.573 e. The normalized spacial score (nSPS) is 12.4. The van der Waals surface area contributed by atoms with Crippen LogP contribution in [0.15, 0.2) is 30.3 Å². The lowest BCUT2D eigenvalue weighted by atomic mass is 10.1. The largest absolute Gasteiger partial charge is 0.573 e. The molecule has 0 bridgehead atoms. The highest BCUT2D eigenvalue weighted by molar-refractivity contribution is 7.90. The molecule has 0 aliphatic carbocycles. The quantitative estimate of drug-likeness (QED) is 0.663. The van der Waals surface area contributed by atoms with Crippen LogP contribution in [0.1, 0.15) is 25.2 Å². The summed E-state index contributed by atoms with van der Waals surface area (Å²) in [5.41, 5.74) is 0.641. The Labute approximate surface area is 164 Å². The molecule has 4 N–H and O–H groups in total. The van der Waals surface area contributed by atoms with Gasteiger partial charge in [0.1, 0.15) is 10.5 Å². The molecule has 0 radical (unpaired) electrons. The molecule has 1 aromatic heterocycles. The van der Waals surface area contributed by atoms with Crippen molar-refractivity contribution in [3.05, 3.63) is 41.7 Å². The van der Waals surface area contributed by atoms with Gasteiger partial charge in [0.2, 0.25) is 16.0 Å². The van der Waals surface area contributed by atoms with E-state index in [2.05, 4.69) is 25.3 Å². The van der Waals surface area contributed by atoms with Crippen molar-refractivity contribution in [2.75, 3.05) is 10.6 Å². The van der Waals surface area contributed by atoms with Gasteiger partial charge in [-0.05, 0) is 51.1 Å². The van der Waals surface area contributed by atoms with Crippen LogP contribution in [0.5, 0.6) is 5.75 Å². The molecule has 29 heavy (non-hydrogen) atoms. The lowest BCUT2D eigenvalue weighted by Crippen LogP contribution is -2.36. The van der Waals surface area contributed by atoms with Gasteiger partial charge in [0.25, 0.3) is 0 Å². The van der Waals surface area contributed by atoms with Crippen molar-refractivity contribution in [2.24, 2.45) is 5.14 Å². The molecular weight excluding hydrogens is 415 g/mol. The van der Waals surface area contributed by atoms with Gasteiger partial charge in [0.05, 0.1) is 5.69 Å². The molecule has 2 aromatic rings. The van der Waals surface area contributed by atoms with Crippen LogP contribution in [0.2, 0.25) is 0 Å². The second-order valence-electron chi connectivity index (χ2n) is 6.42. The Kier molecular flexibility index (Phi) is 6.04. The van der Waals surface area contributed by atoms with E-state index in [1.807, 2.05) is 0 Å². The van der Waals surface area contributed by atoms with Gasteiger partial charge < -0.3 is 10.1 Å². The SMILES string of the molecule is Cc1cc(C(C)(C)S(N)(=O)=O)nc(NC(=O)Nc2ccc(OC(F)(F)F)cc2)n1. The molecule has 0 spiro atoms. The first kappa shape index (κ1) is 22.4. The lowest BCUT2D eigenvalue weighted by molar-refractivity contribution is -0.274. The van der Waals surface area contributed by atoms with E-state index in [0.717, 1.165) is 12.1 Å². The molecule has 13 heteroatoms. The number of nitrogens with one attached hydrogen (secondary N) is 2. The number of nitrogens with two attached hydrogens (primary N) is 1. The van der Waals surface area contributed by atoms with Crippen LogP contribution >= 0.6 is 0 Å². The third kappa shape index (κ3) is 6.02. The Hall–Kier alpha value is -2.93. The first-order chi connectivity index (χ1) is 13.2. The molecule has 2 amide bonds. The molecule has 0 fully saturated rings. The summed E-state index contributed by atoms with van der Waals surface area (Å²) in [5, 5.41) is 9.94. The van der Waals surface area contributed by atoms with Gasteiger partial charge in [-0.2, -0.15) is 0 Å². The molecule has 0 saturated carbocycles. The Morgan fingerprint density at radius 1 is 1.10 bits per heavy atom. The fourth-order valence-electron chi connectivity index (χ4n) is 2.08. The van der Waals surface area contributed by atoms with Crippen molar-refractivity contribution in [2.45, 2.75) is 31.9 Å². The molecule has 1 aromatic carbocycles. The number of anilines is 2. The number of alkyl halides is 3. The van der Waals surface area contributed by atoms with E-state index in [0.29, 0.717) is 5.69 Å². The summed E-state index contributed by atoms with van der Waals surface area (Å²) in [6.07, 6.45) is -4.82. The maximum atomic E-state index is 12.2. The summed E-state index contributed by atoms with van der Waals surface area (Å²) in [5.74, 6) is -0.619. The van der Waals surface area contributed by atoms with E-state index >= 15 is 0 Å². The second-order valence-corrected chi connectivity index (χ2v) is 8.54. The highest BCUT2D eigenvalue weighted by atomic mass is 32.2. The van der Waals surface area contributed by atoms with Crippen LogP contribution in [0, 0.1) is 6.92 Å². The standard InChI is InChI=1S/C16H18F3N5O4S/c1-9-8-12(15(2,3)29(20,26)27)23-13(21-9)24-14(25)22-10-4-6-11(7-5-10)28-16(17,18)19/h4-8H,1-3H3,(H2,20,26,27)(H2,21,22,23,24,25). The van der Waals surface area contributed by atoms with Gasteiger partial charge in [-0.3, -0.25) is 5.32 Å². The predicted molar refractivity (Wildman–Crippen MR) is 98.7 cm³/mol. The molecule has 2 rings (SSSR count). The molecule has 0 aliphatic heterocycles. The summed E-state index contributed by atoms with van der Waals surface area (Å²) in [7, 11) is -3.99. The lowest BCUT2D eigenvalue weighted by Gasteiger charge is -2.22. The summed E-state index contributed by atoms with van der Waals surface area (Å²) in [6, 6.07) is 5.09. The summed E-state index contributed by atoms with van der Waals surface area (Å²) < 4.78 is 62.3. The third-order valence-electron chi connectivity index (χ3n) is 3.75. The Balaban J connectivity index is 2.13. The van der Waals surface area contributed by atoms with Gasteiger partial charge in [-0.25, -0.2) is 28.3 Å². The number of aromatic nitrogens is 2. The van der Waals surface area contributed by atoms with Crippen molar-refractivity contribution >= 4 is 27.7 Å². The van der Waals surface area contributed by atoms with Crippen LogP contribution in [-0.4, -0.2) is 30.8 Å². The van der Waals surface area contributed by atoms with Crippen molar-refractivity contribution in [3.63, 3.8) is 0 Å². The first-order valence-electron chi connectivity index (χ1n) is 8.00. The summed E-state index contributed by atoms with van der Waals surface area (Å²) >= 11 is 0. The van der Waals surface area contributed by atoms with E-state index in [-0.39, 0.29) is 17.3 Å². The van der Waals surface area contributed by atoms with Gasteiger partial charge >= 0.3 is 12.4 Å². The zero-order valence-electron chi connectivity index (χ0n) is 15.5. The van der Waals surface area contributed by atoms with E-state index in [1.54, 1.807) is 6.92 Å². The average Bonchev–Trinajstić information content (AvgIpc) is 2.53. The number of carbonyl (C=O) groups is 1. The molecule has 9 nitrogen and oxygen atoms in total. The van der Waals surface area contributed by atoms with E-state index in [4.69, 9.17) is 5.14 Å². The fraction of sp³-hybridized carbons (Fsp3) is 0.312. The van der Waals surface area contributed by atoms with Crippen LogP contribution in [-0.2, 0) is 14.8 Å². The number of halogens is 3. The number of ether oxygens (including phenoxy) is 1. The zero-order valence-corrected chi connectivity index (χ0v) is 16.4. The molecular formula is C16H18F3N5O4S. The molecule has 158 valence electrons. The number of urea groups is 1. The van der Waals surface area contributed by atoms with Gasteiger partial charge in [0.15, 0.2) is 0 Å². The van der Waals surface area contributed by atoms with Crippen LogP contribution < -0.4 is 20.5 Å². The molecule has 0 aliphatic rings. The summed E-state index contributed by atoms with van der Waals surface area (Å²) in [6.45, 7) is 4.30. The molecule has 1 heterocycles. The van der Waals surface area contributed by atoms with Gasteiger partial charge in [-0.15, -0.1) is 13.2 Å². The highest BCUT2D eigenvalue weighted by Crippen LogP contribution is 2.27. The van der Waals surface area contributed by atoms with Crippen molar-refractivity contribution < 1.29 is 31.1 Å². The van der Waals surface area contributed by atoms with E-state index in [9.17, 15) is 26.4 Å². The Morgan fingerprint density at radius 3 is 2.21 bits per heavy atom. The Bertz CT molecular complexity index is 1010. The second kappa shape index (κ2) is 7.83. The van der Waals surface area contributed by atoms with Crippen LogP contribution in [0.25, 0.3) is 0 Å².